The first-order valence-corrected chi connectivity index (χ1v) is 7.70. The summed E-state index contributed by atoms with van der Waals surface area (Å²) in [6, 6.07) is 3.70. The molecule has 0 spiro atoms. The Balaban J connectivity index is 2.32. The number of esters is 1. The zero-order valence-corrected chi connectivity index (χ0v) is 13.1. The van der Waals surface area contributed by atoms with Crippen LogP contribution in [0, 0.1) is 10.1 Å². The maximum Gasteiger partial charge on any atom is 0.338 e. The number of nitrogens with zero attached hydrogens (tertiary/aromatic N) is 2. The average Bonchev–Trinajstić information content (AvgIpc) is 2.52. The third-order valence-electron chi connectivity index (χ3n) is 3.94. The monoisotopic (exact) mass is 320 g/mol. The van der Waals surface area contributed by atoms with Gasteiger partial charge in [-0.25, -0.2) is 4.79 Å². The van der Waals surface area contributed by atoms with Gasteiger partial charge in [-0.1, -0.05) is 19.3 Å². The number of hydrogen-bond donors (Lipinski definition) is 0. The first-order chi connectivity index (χ1) is 11.0. The molecule has 0 atom stereocenters. The molecule has 124 valence electrons. The molecule has 0 unspecified atom stereocenters. The number of hydrogen-bond acceptors (Lipinski definition) is 5. The van der Waals surface area contributed by atoms with Crippen molar-refractivity contribution in [2.45, 2.75) is 32.1 Å². The van der Waals surface area contributed by atoms with Gasteiger partial charge in [0, 0.05) is 30.8 Å². The molecule has 1 aliphatic heterocycles. The molecule has 1 aliphatic rings. The van der Waals surface area contributed by atoms with Gasteiger partial charge in [0.1, 0.15) is 0 Å². The molecule has 1 heterocycles. The number of nitro groups is 1. The molecule has 0 aliphatic carbocycles. The van der Waals surface area contributed by atoms with Crippen molar-refractivity contribution in [1.82, 2.24) is 4.90 Å². The molecule has 0 radical (unpaired) electrons. The van der Waals surface area contributed by atoms with Gasteiger partial charge in [-0.3, -0.25) is 14.9 Å². The van der Waals surface area contributed by atoms with Crippen molar-refractivity contribution in [3.8, 4) is 0 Å². The van der Waals surface area contributed by atoms with Gasteiger partial charge in [-0.2, -0.15) is 0 Å². The van der Waals surface area contributed by atoms with Crippen molar-refractivity contribution < 1.29 is 19.2 Å². The molecule has 1 amide bonds. The van der Waals surface area contributed by atoms with Crippen molar-refractivity contribution in [3.63, 3.8) is 0 Å². The number of non-ortho nitro benzene ring substituents is 1. The lowest BCUT2D eigenvalue weighted by molar-refractivity contribution is -0.384. The number of likely N-dealkylation sites (tertiary alicyclic amines) is 1. The van der Waals surface area contributed by atoms with Crippen molar-refractivity contribution in [2.75, 3.05) is 20.2 Å². The van der Waals surface area contributed by atoms with Crippen LogP contribution < -0.4 is 0 Å². The van der Waals surface area contributed by atoms with Gasteiger partial charge >= 0.3 is 5.97 Å². The lowest BCUT2D eigenvalue weighted by Crippen LogP contribution is -2.34. The smallest absolute Gasteiger partial charge is 0.338 e. The minimum atomic E-state index is -0.699. The Bertz CT molecular complexity index is 606. The van der Waals surface area contributed by atoms with E-state index in [2.05, 4.69) is 4.74 Å². The van der Waals surface area contributed by atoms with Gasteiger partial charge in [0.2, 0.25) is 0 Å². The van der Waals surface area contributed by atoms with Crippen LogP contribution in [0.5, 0.6) is 0 Å². The van der Waals surface area contributed by atoms with Gasteiger partial charge in [0.15, 0.2) is 0 Å². The second kappa shape index (κ2) is 7.71. The molecule has 1 aromatic rings. The molecular weight excluding hydrogens is 300 g/mol. The standard InChI is InChI=1S/C16H20N2O5/c1-23-16(20)13-9-12(10-14(11-13)18(21)22)15(19)17-7-5-3-2-4-6-8-17/h9-11H,2-8H2,1H3. The number of rotatable bonds is 3. The molecule has 23 heavy (non-hydrogen) atoms. The lowest BCUT2D eigenvalue weighted by Gasteiger charge is -2.25. The van der Waals surface area contributed by atoms with Crippen LogP contribution in [-0.4, -0.2) is 41.9 Å². The fraction of sp³-hybridized carbons (Fsp3) is 0.500. The summed E-state index contributed by atoms with van der Waals surface area (Å²) in [6.07, 6.45) is 5.17. The number of carbonyl (C=O) groups is 2. The van der Waals surface area contributed by atoms with Crippen LogP contribution in [0.15, 0.2) is 18.2 Å². The van der Waals surface area contributed by atoms with Crippen LogP contribution >= 0.6 is 0 Å². The minimum absolute atomic E-state index is 0.0112. The minimum Gasteiger partial charge on any atom is -0.465 e. The SMILES string of the molecule is COC(=O)c1cc(C(=O)N2CCCCCCC2)cc([N+](=O)[O-])c1. The number of amides is 1. The summed E-state index contributed by atoms with van der Waals surface area (Å²) < 4.78 is 4.60. The Morgan fingerprint density at radius 2 is 1.61 bits per heavy atom. The van der Waals surface area contributed by atoms with E-state index >= 15 is 0 Å². The van der Waals surface area contributed by atoms with E-state index in [9.17, 15) is 19.7 Å². The molecule has 0 N–H and O–H groups in total. The molecule has 0 bridgehead atoms. The quantitative estimate of drug-likeness (QED) is 0.485. The highest BCUT2D eigenvalue weighted by Crippen LogP contribution is 2.21. The maximum absolute atomic E-state index is 12.7. The predicted molar refractivity (Wildman–Crippen MR) is 83.4 cm³/mol. The average molecular weight is 320 g/mol. The van der Waals surface area contributed by atoms with Crippen molar-refractivity contribution in [2.24, 2.45) is 0 Å². The van der Waals surface area contributed by atoms with E-state index in [4.69, 9.17) is 0 Å². The molecule has 1 saturated heterocycles. The summed E-state index contributed by atoms with van der Waals surface area (Å²) in [4.78, 5) is 36.5. The second-order valence-corrected chi connectivity index (χ2v) is 5.58. The normalized spacial score (nSPS) is 15.4. The summed E-state index contributed by atoms with van der Waals surface area (Å²) in [5, 5.41) is 11.0. The highest BCUT2D eigenvalue weighted by atomic mass is 16.6. The Kier molecular flexibility index (Phi) is 5.67. The Labute approximate surface area is 134 Å². The van der Waals surface area contributed by atoms with Crippen LogP contribution in [0.3, 0.4) is 0 Å². The van der Waals surface area contributed by atoms with Crippen LogP contribution in [-0.2, 0) is 4.74 Å². The van der Waals surface area contributed by atoms with Gasteiger partial charge in [-0.15, -0.1) is 0 Å². The summed E-state index contributed by atoms with van der Waals surface area (Å²) >= 11 is 0. The number of carbonyl (C=O) groups excluding carboxylic acids is 2. The molecule has 7 heteroatoms. The van der Waals surface area contributed by atoms with Crippen molar-refractivity contribution in [3.05, 3.63) is 39.4 Å². The first kappa shape index (κ1) is 16.9. The highest BCUT2D eigenvalue weighted by Gasteiger charge is 2.22. The number of benzene rings is 1. The van der Waals surface area contributed by atoms with E-state index in [0.717, 1.165) is 31.7 Å². The molecule has 2 rings (SSSR count). The van der Waals surface area contributed by atoms with E-state index in [0.29, 0.717) is 13.1 Å². The Morgan fingerprint density at radius 1 is 1.04 bits per heavy atom. The topological polar surface area (TPSA) is 89.8 Å². The lowest BCUT2D eigenvalue weighted by atomic mass is 10.1. The summed E-state index contributed by atoms with van der Waals surface area (Å²) in [7, 11) is 1.20. The number of methoxy groups -OCH3 is 1. The third kappa shape index (κ3) is 4.28. The third-order valence-corrected chi connectivity index (χ3v) is 3.94. The zero-order chi connectivity index (χ0) is 16.8. The van der Waals surface area contributed by atoms with Crippen molar-refractivity contribution >= 4 is 17.6 Å². The van der Waals surface area contributed by atoms with Crippen LogP contribution in [0.1, 0.15) is 52.8 Å². The first-order valence-electron chi connectivity index (χ1n) is 7.70. The highest BCUT2D eigenvalue weighted by molar-refractivity contribution is 5.99. The maximum atomic E-state index is 12.7. The van der Waals surface area contributed by atoms with Crippen LogP contribution in [0.25, 0.3) is 0 Å². The molecular formula is C16H20N2O5. The van der Waals surface area contributed by atoms with Gasteiger partial charge < -0.3 is 9.64 Å². The van der Waals surface area contributed by atoms with E-state index in [1.807, 2.05) is 0 Å². The van der Waals surface area contributed by atoms with E-state index in [1.54, 1.807) is 4.90 Å². The Hall–Kier alpha value is -2.44. The van der Waals surface area contributed by atoms with E-state index in [-0.39, 0.29) is 22.7 Å². The number of ether oxygens (including phenoxy) is 1. The fourth-order valence-corrected chi connectivity index (χ4v) is 2.71. The van der Waals surface area contributed by atoms with E-state index < -0.39 is 10.9 Å². The summed E-state index contributed by atoms with van der Waals surface area (Å²) in [5.74, 6) is -0.976. The number of nitro benzene ring substituents is 1. The van der Waals surface area contributed by atoms with Crippen LogP contribution in [0.2, 0.25) is 0 Å². The summed E-state index contributed by atoms with van der Waals surface area (Å²) in [6.45, 7) is 1.27. The molecule has 0 saturated carbocycles. The molecule has 7 nitrogen and oxygen atoms in total. The van der Waals surface area contributed by atoms with Gasteiger partial charge in [0.25, 0.3) is 11.6 Å². The van der Waals surface area contributed by atoms with E-state index in [1.165, 1.54) is 25.7 Å². The van der Waals surface area contributed by atoms with Gasteiger partial charge in [-0.05, 0) is 18.9 Å². The second-order valence-electron chi connectivity index (χ2n) is 5.58. The molecule has 0 aromatic heterocycles. The fourth-order valence-electron chi connectivity index (χ4n) is 2.71. The van der Waals surface area contributed by atoms with Crippen LogP contribution in [0.4, 0.5) is 5.69 Å². The van der Waals surface area contributed by atoms with Gasteiger partial charge in [0.05, 0.1) is 17.6 Å². The largest absolute Gasteiger partial charge is 0.465 e. The zero-order valence-electron chi connectivity index (χ0n) is 13.1. The molecule has 1 fully saturated rings. The summed E-state index contributed by atoms with van der Waals surface area (Å²) in [5.41, 5.74) is -0.124. The predicted octanol–water partition coefficient (Wildman–Crippen LogP) is 2.79. The molecule has 1 aromatic carbocycles. The van der Waals surface area contributed by atoms with Crippen molar-refractivity contribution in [1.29, 1.82) is 0 Å². The Morgan fingerprint density at radius 3 is 2.17 bits per heavy atom.